The van der Waals surface area contributed by atoms with Crippen LogP contribution in [0.25, 0.3) is 0 Å². The first kappa shape index (κ1) is 15.2. The van der Waals surface area contributed by atoms with Gasteiger partial charge in [0.2, 0.25) is 0 Å². The fraction of sp³-hybridized carbons (Fsp3) is 0.267. The zero-order valence-corrected chi connectivity index (χ0v) is 12.9. The summed E-state index contributed by atoms with van der Waals surface area (Å²) in [5.41, 5.74) is 0.491. The van der Waals surface area contributed by atoms with Gasteiger partial charge in [-0.1, -0.05) is 6.07 Å². The maximum Gasteiger partial charge on any atom is 0.355 e. The van der Waals surface area contributed by atoms with Crippen molar-refractivity contribution < 1.29 is 14.3 Å². The molecule has 110 valence electrons. The smallest absolute Gasteiger partial charge is 0.355 e. The van der Waals surface area contributed by atoms with Crippen molar-refractivity contribution in [1.82, 2.24) is 9.88 Å². The van der Waals surface area contributed by atoms with Crippen LogP contribution in [0.15, 0.2) is 30.5 Å². The van der Waals surface area contributed by atoms with Gasteiger partial charge in [-0.15, -0.1) is 11.3 Å². The van der Waals surface area contributed by atoms with Gasteiger partial charge in [0.1, 0.15) is 10.6 Å². The maximum atomic E-state index is 12.1. The van der Waals surface area contributed by atoms with E-state index in [1.54, 1.807) is 36.2 Å². The van der Waals surface area contributed by atoms with Crippen LogP contribution < -0.4 is 4.74 Å². The Kier molecular flexibility index (Phi) is 4.70. The van der Waals surface area contributed by atoms with Crippen LogP contribution in [0.2, 0.25) is 0 Å². The standard InChI is InChI=1S/C15H16N2O3S/c1-4-17(3)14(18)11-6-5-7-12(8-11)20-15(19)13-9-16-10(2)21-13/h5-9H,4H2,1-3H3. The third kappa shape index (κ3) is 3.66. The minimum absolute atomic E-state index is 0.107. The van der Waals surface area contributed by atoms with E-state index in [0.717, 1.165) is 5.01 Å². The van der Waals surface area contributed by atoms with Crippen LogP contribution in [0.4, 0.5) is 0 Å². The minimum atomic E-state index is -0.464. The largest absolute Gasteiger partial charge is 0.422 e. The van der Waals surface area contributed by atoms with Gasteiger partial charge in [0.15, 0.2) is 0 Å². The molecule has 1 heterocycles. The molecule has 0 atom stereocenters. The van der Waals surface area contributed by atoms with Crippen molar-refractivity contribution in [2.24, 2.45) is 0 Å². The summed E-state index contributed by atoms with van der Waals surface area (Å²) in [6.07, 6.45) is 1.49. The van der Waals surface area contributed by atoms with Gasteiger partial charge in [0.25, 0.3) is 5.91 Å². The number of aromatic nitrogens is 1. The summed E-state index contributed by atoms with van der Waals surface area (Å²) in [6, 6.07) is 6.61. The fourth-order valence-electron chi connectivity index (χ4n) is 1.67. The van der Waals surface area contributed by atoms with Crippen molar-refractivity contribution in [3.63, 3.8) is 0 Å². The molecule has 0 aliphatic rings. The lowest BCUT2D eigenvalue weighted by Gasteiger charge is -2.14. The monoisotopic (exact) mass is 304 g/mol. The molecule has 0 N–H and O–H groups in total. The second-order valence-electron chi connectivity index (χ2n) is 4.48. The molecule has 0 unspecified atom stereocenters. The first-order chi connectivity index (χ1) is 10.0. The number of carbonyl (C=O) groups is 2. The molecule has 21 heavy (non-hydrogen) atoms. The quantitative estimate of drug-likeness (QED) is 0.644. The number of benzene rings is 1. The average Bonchev–Trinajstić information content (AvgIpc) is 2.92. The molecule has 2 rings (SSSR count). The Bertz CT molecular complexity index is 666. The molecule has 0 saturated carbocycles. The van der Waals surface area contributed by atoms with E-state index in [9.17, 15) is 9.59 Å². The molecule has 6 heteroatoms. The molecule has 0 bridgehead atoms. The molecule has 1 aromatic carbocycles. The minimum Gasteiger partial charge on any atom is -0.422 e. The van der Waals surface area contributed by atoms with Gasteiger partial charge in [-0.05, 0) is 32.0 Å². The molecule has 1 aromatic heterocycles. The number of thiazole rings is 1. The van der Waals surface area contributed by atoms with E-state index in [-0.39, 0.29) is 5.91 Å². The predicted octanol–water partition coefficient (Wildman–Crippen LogP) is 2.76. The van der Waals surface area contributed by atoms with Crippen LogP contribution in [0.3, 0.4) is 0 Å². The van der Waals surface area contributed by atoms with Gasteiger partial charge in [-0.3, -0.25) is 4.79 Å². The van der Waals surface area contributed by atoms with E-state index < -0.39 is 5.97 Å². The number of amides is 1. The third-order valence-electron chi connectivity index (χ3n) is 2.94. The van der Waals surface area contributed by atoms with Crippen molar-refractivity contribution in [3.05, 3.63) is 45.9 Å². The molecule has 0 spiro atoms. The number of ether oxygens (including phenoxy) is 1. The average molecular weight is 304 g/mol. The highest BCUT2D eigenvalue weighted by Gasteiger charge is 2.14. The number of nitrogens with zero attached hydrogens (tertiary/aromatic N) is 2. The maximum absolute atomic E-state index is 12.1. The number of hydrogen-bond acceptors (Lipinski definition) is 5. The fourth-order valence-corrected chi connectivity index (χ4v) is 2.32. The SMILES string of the molecule is CCN(C)C(=O)c1cccc(OC(=O)c2cnc(C)s2)c1. The van der Waals surface area contributed by atoms with E-state index in [1.165, 1.54) is 17.5 Å². The van der Waals surface area contributed by atoms with Crippen LogP contribution in [0.1, 0.15) is 32.0 Å². The summed E-state index contributed by atoms with van der Waals surface area (Å²) >= 11 is 1.27. The molecule has 0 saturated heterocycles. The van der Waals surface area contributed by atoms with Gasteiger partial charge >= 0.3 is 5.97 Å². The molecule has 0 aliphatic heterocycles. The van der Waals surface area contributed by atoms with Gasteiger partial charge in [-0.2, -0.15) is 0 Å². The highest BCUT2D eigenvalue weighted by Crippen LogP contribution is 2.18. The van der Waals surface area contributed by atoms with E-state index in [4.69, 9.17) is 4.74 Å². The van der Waals surface area contributed by atoms with Crippen molar-refractivity contribution in [1.29, 1.82) is 0 Å². The summed E-state index contributed by atoms with van der Waals surface area (Å²) in [7, 11) is 1.72. The summed E-state index contributed by atoms with van der Waals surface area (Å²) in [6.45, 7) is 4.33. The lowest BCUT2D eigenvalue weighted by Crippen LogP contribution is -2.26. The van der Waals surface area contributed by atoms with Gasteiger partial charge in [-0.25, -0.2) is 9.78 Å². The lowest BCUT2D eigenvalue weighted by molar-refractivity contribution is 0.0734. The normalized spacial score (nSPS) is 10.2. The lowest BCUT2D eigenvalue weighted by atomic mass is 10.2. The molecule has 1 amide bonds. The van der Waals surface area contributed by atoms with Crippen LogP contribution in [-0.2, 0) is 0 Å². The zero-order valence-electron chi connectivity index (χ0n) is 12.1. The third-order valence-corrected chi connectivity index (χ3v) is 3.83. The predicted molar refractivity (Wildman–Crippen MR) is 80.9 cm³/mol. The highest BCUT2D eigenvalue weighted by molar-refractivity contribution is 7.13. The first-order valence-corrected chi connectivity index (χ1v) is 7.33. The zero-order chi connectivity index (χ0) is 15.4. The summed E-state index contributed by atoms with van der Waals surface area (Å²) in [5, 5.41) is 0.801. The summed E-state index contributed by atoms with van der Waals surface area (Å²) in [4.78, 5) is 30.1. The van der Waals surface area contributed by atoms with Crippen molar-refractivity contribution in [2.45, 2.75) is 13.8 Å². The van der Waals surface area contributed by atoms with Crippen LogP contribution >= 0.6 is 11.3 Å². The van der Waals surface area contributed by atoms with Crippen molar-refractivity contribution in [2.75, 3.05) is 13.6 Å². The van der Waals surface area contributed by atoms with Crippen LogP contribution in [0, 0.1) is 6.92 Å². The molecule has 2 aromatic rings. The van der Waals surface area contributed by atoms with E-state index in [1.807, 2.05) is 13.8 Å². The van der Waals surface area contributed by atoms with Gasteiger partial charge < -0.3 is 9.64 Å². The Morgan fingerprint density at radius 2 is 2.14 bits per heavy atom. The number of aryl methyl sites for hydroxylation is 1. The molecule has 5 nitrogen and oxygen atoms in total. The summed E-state index contributed by atoms with van der Waals surface area (Å²) in [5.74, 6) is -0.223. The molecular weight excluding hydrogens is 288 g/mol. The Labute approximate surface area is 127 Å². The first-order valence-electron chi connectivity index (χ1n) is 6.51. The molecule has 0 aliphatic carbocycles. The number of rotatable bonds is 4. The summed E-state index contributed by atoms with van der Waals surface area (Å²) < 4.78 is 5.28. The Morgan fingerprint density at radius 1 is 1.38 bits per heavy atom. The Balaban J connectivity index is 2.14. The topological polar surface area (TPSA) is 59.5 Å². The second-order valence-corrected chi connectivity index (χ2v) is 5.71. The Morgan fingerprint density at radius 3 is 2.76 bits per heavy atom. The second kappa shape index (κ2) is 6.49. The van der Waals surface area contributed by atoms with E-state index in [2.05, 4.69) is 4.98 Å². The van der Waals surface area contributed by atoms with Crippen LogP contribution in [0.5, 0.6) is 5.75 Å². The number of carbonyl (C=O) groups excluding carboxylic acids is 2. The van der Waals surface area contributed by atoms with E-state index in [0.29, 0.717) is 22.7 Å². The molecule has 0 radical (unpaired) electrons. The molecular formula is C15H16N2O3S. The van der Waals surface area contributed by atoms with Gasteiger partial charge in [0, 0.05) is 19.2 Å². The highest BCUT2D eigenvalue weighted by atomic mass is 32.1. The van der Waals surface area contributed by atoms with E-state index >= 15 is 0 Å². The van der Waals surface area contributed by atoms with Gasteiger partial charge in [0.05, 0.1) is 11.2 Å². The number of hydrogen-bond donors (Lipinski definition) is 0. The number of esters is 1. The van der Waals surface area contributed by atoms with Crippen molar-refractivity contribution in [3.8, 4) is 5.75 Å². The molecule has 0 fully saturated rings. The van der Waals surface area contributed by atoms with Crippen molar-refractivity contribution >= 4 is 23.2 Å². The van der Waals surface area contributed by atoms with Crippen LogP contribution in [-0.4, -0.2) is 35.4 Å². The Hall–Kier alpha value is -2.21.